The van der Waals surface area contributed by atoms with Gasteiger partial charge in [0.1, 0.15) is 6.61 Å². The van der Waals surface area contributed by atoms with Crippen LogP contribution in [0.4, 0.5) is 4.39 Å². The molecule has 0 unspecified atom stereocenters. The third kappa shape index (κ3) is 2.21. The van der Waals surface area contributed by atoms with Crippen molar-refractivity contribution >= 4 is 11.6 Å². The molecule has 0 spiro atoms. The molecule has 0 bridgehead atoms. The maximum atomic E-state index is 16.8. The first-order valence-electron chi connectivity index (χ1n) is 10.0. The van der Waals surface area contributed by atoms with Gasteiger partial charge in [0.25, 0.3) is 0 Å². The summed E-state index contributed by atoms with van der Waals surface area (Å²) in [5.41, 5.74) is -2.59. The van der Waals surface area contributed by atoms with Crippen LogP contribution in [-0.2, 0) is 9.59 Å². The van der Waals surface area contributed by atoms with Crippen molar-refractivity contribution < 1.29 is 24.2 Å². The molecule has 27 heavy (non-hydrogen) atoms. The second kappa shape index (κ2) is 5.84. The Morgan fingerprint density at radius 2 is 2.04 bits per heavy atom. The maximum Gasteiger partial charge on any atom is 0.178 e. The summed E-state index contributed by atoms with van der Waals surface area (Å²) < 4.78 is 16.8. The van der Waals surface area contributed by atoms with Gasteiger partial charge in [0, 0.05) is 17.3 Å². The van der Waals surface area contributed by atoms with Crippen LogP contribution < -0.4 is 0 Å². The van der Waals surface area contributed by atoms with E-state index in [2.05, 4.69) is 0 Å². The highest BCUT2D eigenvalue weighted by Crippen LogP contribution is 2.69. The Kier molecular flexibility index (Phi) is 4.11. The van der Waals surface area contributed by atoms with E-state index in [9.17, 15) is 19.8 Å². The molecule has 0 aliphatic heterocycles. The first-order chi connectivity index (χ1) is 12.6. The van der Waals surface area contributed by atoms with E-state index in [0.29, 0.717) is 12.8 Å². The van der Waals surface area contributed by atoms with Gasteiger partial charge in [-0.1, -0.05) is 25.5 Å². The highest BCUT2D eigenvalue weighted by molar-refractivity contribution is 6.01. The molecule has 0 heterocycles. The van der Waals surface area contributed by atoms with Crippen LogP contribution in [0, 0.1) is 34.5 Å². The zero-order valence-electron chi connectivity index (χ0n) is 16.2. The molecule has 3 fully saturated rings. The molecule has 0 amide bonds. The molecule has 4 nitrogen and oxygen atoms in total. The van der Waals surface area contributed by atoms with Crippen molar-refractivity contribution in [1.29, 1.82) is 0 Å². The number of aliphatic hydroxyl groups excluding tert-OH is 2. The standard InChI is InChI=1S/C22H29FO4/c1-12-8-16-15-5-4-13-9-14(25)6-7-21(13,3)22(15,23)18(27)10-20(16,2)19(12)17(26)11-24/h6-7,9,12,15-16,18-19,24,27H,4-5,8,10-11H2,1-3H3/t12-,15-,16+,18-,19+,20-,21-,22-/m0/s1. The Balaban J connectivity index is 1.80. The fourth-order valence-corrected chi connectivity index (χ4v) is 7.36. The summed E-state index contributed by atoms with van der Waals surface area (Å²) >= 11 is 0. The minimum absolute atomic E-state index is 0.0224. The van der Waals surface area contributed by atoms with E-state index in [1.54, 1.807) is 13.0 Å². The van der Waals surface area contributed by atoms with Crippen LogP contribution in [0.15, 0.2) is 23.8 Å². The average Bonchev–Trinajstić information content (AvgIpc) is 2.86. The van der Waals surface area contributed by atoms with E-state index in [1.165, 1.54) is 12.2 Å². The van der Waals surface area contributed by atoms with Crippen molar-refractivity contribution in [2.75, 3.05) is 6.61 Å². The van der Waals surface area contributed by atoms with Gasteiger partial charge in [-0.05, 0) is 62.0 Å². The Morgan fingerprint density at radius 1 is 1.33 bits per heavy atom. The molecular weight excluding hydrogens is 347 g/mol. The highest BCUT2D eigenvalue weighted by Gasteiger charge is 2.71. The van der Waals surface area contributed by atoms with E-state index in [-0.39, 0.29) is 41.7 Å². The Hall–Kier alpha value is -1.33. The molecule has 0 aromatic heterocycles. The van der Waals surface area contributed by atoms with Crippen LogP contribution in [0.2, 0.25) is 0 Å². The fourth-order valence-electron chi connectivity index (χ4n) is 7.36. The van der Waals surface area contributed by atoms with Gasteiger partial charge in [-0.3, -0.25) is 9.59 Å². The summed E-state index contributed by atoms with van der Waals surface area (Å²) in [6.45, 7) is 5.29. The highest BCUT2D eigenvalue weighted by atomic mass is 19.1. The maximum absolute atomic E-state index is 16.8. The number of allylic oxidation sites excluding steroid dienone is 4. The van der Waals surface area contributed by atoms with Crippen LogP contribution >= 0.6 is 0 Å². The summed E-state index contributed by atoms with van der Waals surface area (Å²) in [5.74, 6) is -1.00. The molecule has 4 aliphatic rings. The van der Waals surface area contributed by atoms with Gasteiger partial charge in [0.05, 0.1) is 6.10 Å². The third-order valence-corrected chi connectivity index (χ3v) is 8.48. The van der Waals surface area contributed by atoms with E-state index < -0.39 is 29.2 Å². The number of halogens is 1. The Labute approximate surface area is 159 Å². The van der Waals surface area contributed by atoms with Crippen LogP contribution in [-0.4, -0.2) is 40.2 Å². The lowest BCUT2D eigenvalue weighted by Crippen LogP contribution is -2.66. The monoisotopic (exact) mass is 376 g/mol. The van der Waals surface area contributed by atoms with Crippen molar-refractivity contribution in [3.63, 3.8) is 0 Å². The molecule has 2 N–H and O–H groups in total. The van der Waals surface area contributed by atoms with Crippen LogP contribution in [0.1, 0.15) is 46.5 Å². The number of Topliss-reactive ketones (excluding diaryl/α,β-unsaturated/α-hetero) is 1. The lowest BCUT2D eigenvalue weighted by atomic mass is 9.45. The Morgan fingerprint density at radius 3 is 2.70 bits per heavy atom. The summed E-state index contributed by atoms with van der Waals surface area (Å²) in [7, 11) is 0. The lowest BCUT2D eigenvalue weighted by Gasteiger charge is -2.62. The molecule has 4 rings (SSSR count). The number of fused-ring (bicyclic) bond motifs is 5. The van der Waals surface area contributed by atoms with Gasteiger partial charge in [-0.15, -0.1) is 0 Å². The predicted molar refractivity (Wildman–Crippen MR) is 98.5 cm³/mol. The van der Waals surface area contributed by atoms with Gasteiger partial charge in [0.15, 0.2) is 17.2 Å². The zero-order chi connectivity index (χ0) is 19.8. The number of carbonyl (C=O) groups is 2. The number of carbonyl (C=O) groups excluding carboxylic acids is 2. The SMILES string of the molecule is C[C@H]1C[C@@H]2[C@@H]3CCC4=CC(=O)C=C[C@]4(C)[C@@]3(F)[C@@H](O)C[C@]2(C)[C@H]1C(=O)CO. The quantitative estimate of drug-likeness (QED) is 0.777. The largest absolute Gasteiger partial charge is 0.390 e. The molecule has 0 aromatic rings. The smallest absolute Gasteiger partial charge is 0.178 e. The number of alkyl halides is 1. The molecule has 0 aromatic carbocycles. The van der Waals surface area contributed by atoms with Crippen molar-refractivity contribution in [3.05, 3.63) is 23.8 Å². The molecule has 4 aliphatic carbocycles. The summed E-state index contributed by atoms with van der Waals surface area (Å²) in [6.07, 6.45) is 5.53. The summed E-state index contributed by atoms with van der Waals surface area (Å²) in [4.78, 5) is 24.3. The summed E-state index contributed by atoms with van der Waals surface area (Å²) in [6, 6.07) is 0. The van der Waals surface area contributed by atoms with Crippen LogP contribution in [0.5, 0.6) is 0 Å². The van der Waals surface area contributed by atoms with E-state index in [1.807, 2.05) is 13.8 Å². The number of aliphatic hydroxyl groups is 2. The molecule has 5 heteroatoms. The van der Waals surface area contributed by atoms with Gasteiger partial charge < -0.3 is 10.2 Å². The second-order valence-electron chi connectivity index (χ2n) is 9.67. The summed E-state index contributed by atoms with van der Waals surface area (Å²) in [5, 5.41) is 20.6. The first-order valence-corrected chi connectivity index (χ1v) is 10.0. The van der Waals surface area contributed by atoms with Gasteiger partial charge in [-0.2, -0.15) is 0 Å². The minimum Gasteiger partial charge on any atom is -0.390 e. The predicted octanol–water partition coefficient (Wildman–Crippen LogP) is 2.78. The van der Waals surface area contributed by atoms with Crippen molar-refractivity contribution in [2.24, 2.45) is 34.5 Å². The number of rotatable bonds is 2. The fraction of sp³-hybridized carbons (Fsp3) is 0.727. The molecule has 0 saturated heterocycles. The van der Waals surface area contributed by atoms with Crippen molar-refractivity contribution in [2.45, 2.75) is 58.2 Å². The molecule has 8 atom stereocenters. The van der Waals surface area contributed by atoms with Gasteiger partial charge in [-0.25, -0.2) is 4.39 Å². The van der Waals surface area contributed by atoms with Crippen molar-refractivity contribution in [3.8, 4) is 0 Å². The van der Waals surface area contributed by atoms with Crippen LogP contribution in [0.3, 0.4) is 0 Å². The molecule has 3 saturated carbocycles. The zero-order valence-corrected chi connectivity index (χ0v) is 16.2. The number of hydrogen-bond acceptors (Lipinski definition) is 4. The lowest BCUT2D eigenvalue weighted by molar-refractivity contribution is -0.195. The van der Waals surface area contributed by atoms with E-state index in [4.69, 9.17) is 0 Å². The topological polar surface area (TPSA) is 74.6 Å². The van der Waals surface area contributed by atoms with Crippen molar-refractivity contribution in [1.82, 2.24) is 0 Å². The van der Waals surface area contributed by atoms with Gasteiger partial charge >= 0.3 is 0 Å². The first kappa shape index (κ1) is 19.0. The number of hydrogen-bond donors (Lipinski definition) is 2. The normalized spacial score (nSPS) is 51.3. The molecule has 0 radical (unpaired) electrons. The van der Waals surface area contributed by atoms with E-state index in [0.717, 1.165) is 12.0 Å². The molecule has 148 valence electrons. The third-order valence-electron chi connectivity index (χ3n) is 8.48. The second-order valence-corrected chi connectivity index (χ2v) is 9.67. The average molecular weight is 376 g/mol. The minimum atomic E-state index is -1.85. The Bertz CT molecular complexity index is 757. The van der Waals surface area contributed by atoms with E-state index >= 15 is 4.39 Å². The van der Waals surface area contributed by atoms with Gasteiger partial charge in [0.2, 0.25) is 0 Å². The number of ketones is 2. The molecular formula is C22H29FO4. The van der Waals surface area contributed by atoms with Crippen LogP contribution in [0.25, 0.3) is 0 Å².